The Bertz CT molecular complexity index is 1050. The lowest BCUT2D eigenvalue weighted by molar-refractivity contribution is -0.117. The Labute approximate surface area is 171 Å². The van der Waals surface area contributed by atoms with E-state index in [9.17, 15) is 18.0 Å². The molecule has 4 rings (SSSR count). The lowest BCUT2D eigenvalue weighted by Crippen LogP contribution is -2.49. The van der Waals surface area contributed by atoms with Gasteiger partial charge in [0.15, 0.2) is 0 Å². The van der Waals surface area contributed by atoms with Crippen LogP contribution < -0.4 is 10.2 Å². The smallest absolute Gasteiger partial charge is 0.238 e. The van der Waals surface area contributed by atoms with Gasteiger partial charge in [0.1, 0.15) is 17.5 Å². The topological polar surface area (TPSA) is 53.4 Å². The molecular weight excluding hydrogens is 395 g/mol. The second-order valence-electron chi connectivity index (χ2n) is 6.98. The van der Waals surface area contributed by atoms with E-state index in [1.54, 1.807) is 35.2 Å². The predicted octanol–water partition coefficient (Wildman–Crippen LogP) is 3.05. The van der Waals surface area contributed by atoms with Crippen LogP contribution in [0.25, 0.3) is 5.69 Å². The Morgan fingerprint density at radius 1 is 1.00 bits per heavy atom. The lowest BCUT2D eigenvalue weighted by Gasteiger charge is -2.35. The first-order valence-electron chi connectivity index (χ1n) is 9.52. The number of nitrogens with zero attached hydrogens (tertiary/aromatic N) is 4. The number of benzene rings is 2. The number of amides is 1. The maximum absolute atomic E-state index is 14.2. The molecule has 1 N–H and O–H groups in total. The van der Waals surface area contributed by atoms with Gasteiger partial charge in [-0.3, -0.25) is 14.3 Å². The molecular formula is C21H20F3N5O. The molecule has 30 heavy (non-hydrogen) atoms. The summed E-state index contributed by atoms with van der Waals surface area (Å²) in [6, 6.07) is 9.51. The summed E-state index contributed by atoms with van der Waals surface area (Å²) in [6.45, 7) is 2.46. The second kappa shape index (κ2) is 8.58. The first-order chi connectivity index (χ1) is 14.5. The fourth-order valence-electron chi connectivity index (χ4n) is 3.45. The SMILES string of the molecule is O=C(CN1CCN(c2nccn2-c2ccccc2F)CC1)Nc1ccc(F)cc1F. The minimum Gasteiger partial charge on any atom is -0.339 e. The Balaban J connectivity index is 1.35. The van der Waals surface area contributed by atoms with Crippen molar-refractivity contribution >= 4 is 17.5 Å². The summed E-state index contributed by atoms with van der Waals surface area (Å²) < 4.78 is 42.5. The molecule has 2 heterocycles. The van der Waals surface area contributed by atoms with Crippen LogP contribution in [0.1, 0.15) is 0 Å². The van der Waals surface area contributed by atoms with E-state index in [0.29, 0.717) is 37.8 Å². The van der Waals surface area contributed by atoms with Crippen LogP contribution in [0.15, 0.2) is 54.9 Å². The molecule has 6 nitrogen and oxygen atoms in total. The summed E-state index contributed by atoms with van der Waals surface area (Å²) in [5.41, 5.74) is 0.375. The molecule has 1 saturated heterocycles. The van der Waals surface area contributed by atoms with Gasteiger partial charge in [0, 0.05) is 44.6 Å². The van der Waals surface area contributed by atoms with Crippen molar-refractivity contribution in [1.29, 1.82) is 0 Å². The van der Waals surface area contributed by atoms with E-state index in [0.717, 1.165) is 12.1 Å². The normalized spacial score (nSPS) is 14.7. The minimum absolute atomic E-state index is 0.0491. The van der Waals surface area contributed by atoms with Crippen LogP contribution in [0.3, 0.4) is 0 Å². The third-order valence-electron chi connectivity index (χ3n) is 4.96. The molecule has 1 aromatic heterocycles. The van der Waals surface area contributed by atoms with E-state index in [-0.39, 0.29) is 24.0 Å². The molecule has 2 aromatic carbocycles. The number of imidazole rings is 1. The van der Waals surface area contributed by atoms with Crippen molar-refractivity contribution in [3.8, 4) is 5.69 Å². The summed E-state index contributed by atoms with van der Waals surface area (Å²) >= 11 is 0. The molecule has 1 amide bonds. The van der Waals surface area contributed by atoms with Crippen molar-refractivity contribution < 1.29 is 18.0 Å². The molecule has 0 aliphatic carbocycles. The van der Waals surface area contributed by atoms with Crippen LogP contribution in [-0.4, -0.2) is 53.1 Å². The molecule has 0 radical (unpaired) electrons. The number of rotatable bonds is 5. The largest absolute Gasteiger partial charge is 0.339 e. The molecule has 1 fully saturated rings. The van der Waals surface area contributed by atoms with Crippen molar-refractivity contribution in [2.45, 2.75) is 0 Å². The zero-order valence-corrected chi connectivity index (χ0v) is 16.1. The van der Waals surface area contributed by atoms with Crippen molar-refractivity contribution in [2.75, 3.05) is 42.9 Å². The maximum atomic E-state index is 14.2. The fraction of sp³-hybridized carbons (Fsp3) is 0.238. The zero-order chi connectivity index (χ0) is 21.1. The number of anilines is 2. The van der Waals surface area contributed by atoms with E-state index in [1.807, 2.05) is 9.80 Å². The highest BCUT2D eigenvalue weighted by Crippen LogP contribution is 2.22. The first-order valence-corrected chi connectivity index (χ1v) is 9.52. The number of carbonyl (C=O) groups excluding carboxylic acids is 1. The predicted molar refractivity (Wildman–Crippen MR) is 107 cm³/mol. The quantitative estimate of drug-likeness (QED) is 0.696. The molecule has 0 unspecified atom stereocenters. The summed E-state index contributed by atoms with van der Waals surface area (Å²) in [6.07, 6.45) is 3.34. The number of piperazine rings is 1. The lowest BCUT2D eigenvalue weighted by atomic mass is 10.2. The van der Waals surface area contributed by atoms with Crippen LogP contribution >= 0.6 is 0 Å². The Hall–Kier alpha value is -3.33. The first kappa shape index (κ1) is 20.0. The zero-order valence-electron chi connectivity index (χ0n) is 16.1. The van der Waals surface area contributed by atoms with Crippen LogP contribution in [0.4, 0.5) is 24.8 Å². The van der Waals surface area contributed by atoms with Crippen molar-refractivity contribution in [3.63, 3.8) is 0 Å². The Morgan fingerprint density at radius 3 is 2.50 bits per heavy atom. The van der Waals surface area contributed by atoms with Gasteiger partial charge in [0.2, 0.25) is 11.9 Å². The second-order valence-corrected chi connectivity index (χ2v) is 6.98. The van der Waals surface area contributed by atoms with E-state index in [4.69, 9.17) is 0 Å². The number of para-hydroxylation sites is 1. The molecule has 0 atom stereocenters. The van der Waals surface area contributed by atoms with Gasteiger partial charge < -0.3 is 10.2 Å². The van der Waals surface area contributed by atoms with Gasteiger partial charge in [-0.25, -0.2) is 18.2 Å². The highest BCUT2D eigenvalue weighted by atomic mass is 19.1. The van der Waals surface area contributed by atoms with Crippen LogP contribution in [-0.2, 0) is 4.79 Å². The average Bonchev–Trinajstić information content (AvgIpc) is 3.20. The van der Waals surface area contributed by atoms with Gasteiger partial charge in [-0.15, -0.1) is 0 Å². The van der Waals surface area contributed by atoms with Gasteiger partial charge >= 0.3 is 0 Å². The third-order valence-corrected chi connectivity index (χ3v) is 4.96. The molecule has 0 saturated carbocycles. The van der Waals surface area contributed by atoms with Crippen molar-refractivity contribution in [1.82, 2.24) is 14.5 Å². The number of carbonyl (C=O) groups is 1. The number of hydrogen-bond acceptors (Lipinski definition) is 4. The number of aromatic nitrogens is 2. The molecule has 1 aliphatic rings. The van der Waals surface area contributed by atoms with Crippen LogP contribution in [0, 0.1) is 17.5 Å². The van der Waals surface area contributed by atoms with Crippen LogP contribution in [0.5, 0.6) is 0 Å². The molecule has 156 valence electrons. The van der Waals surface area contributed by atoms with E-state index >= 15 is 0 Å². The van der Waals surface area contributed by atoms with Crippen molar-refractivity contribution in [2.24, 2.45) is 0 Å². The maximum Gasteiger partial charge on any atom is 0.238 e. The summed E-state index contributed by atoms with van der Waals surface area (Å²) in [5, 5.41) is 2.47. The van der Waals surface area contributed by atoms with Gasteiger partial charge in [0.05, 0.1) is 17.9 Å². The fourth-order valence-corrected chi connectivity index (χ4v) is 3.45. The highest BCUT2D eigenvalue weighted by molar-refractivity contribution is 5.92. The van der Waals surface area contributed by atoms with Gasteiger partial charge in [-0.1, -0.05) is 12.1 Å². The standard InChI is InChI=1S/C21H20F3N5O/c22-15-5-6-18(17(24)13-15)26-20(30)14-27-9-11-28(12-10-27)21-25-7-8-29(21)19-4-2-1-3-16(19)23/h1-8,13H,9-12,14H2,(H,26,30). The monoisotopic (exact) mass is 415 g/mol. The van der Waals surface area contributed by atoms with E-state index in [2.05, 4.69) is 10.3 Å². The molecule has 1 aliphatic heterocycles. The molecule has 0 spiro atoms. The number of nitrogens with one attached hydrogen (secondary N) is 1. The Kier molecular flexibility index (Phi) is 5.71. The summed E-state index contributed by atoms with van der Waals surface area (Å²) in [7, 11) is 0. The third kappa shape index (κ3) is 4.30. The van der Waals surface area contributed by atoms with E-state index < -0.39 is 11.6 Å². The Morgan fingerprint density at radius 2 is 1.77 bits per heavy atom. The van der Waals surface area contributed by atoms with Gasteiger partial charge in [0.25, 0.3) is 0 Å². The van der Waals surface area contributed by atoms with Crippen LogP contribution in [0.2, 0.25) is 0 Å². The summed E-state index contributed by atoms with van der Waals surface area (Å²) in [5.74, 6) is -1.58. The molecule has 3 aromatic rings. The number of halogens is 3. The number of hydrogen-bond donors (Lipinski definition) is 1. The van der Waals surface area contributed by atoms with Gasteiger partial charge in [-0.05, 0) is 24.3 Å². The molecule has 9 heteroatoms. The highest BCUT2D eigenvalue weighted by Gasteiger charge is 2.23. The minimum atomic E-state index is -0.812. The van der Waals surface area contributed by atoms with E-state index in [1.165, 1.54) is 12.1 Å². The average molecular weight is 415 g/mol. The van der Waals surface area contributed by atoms with Crippen molar-refractivity contribution in [3.05, 3.63) is 72.3 Å². The molecule has 0 bridgehead atoms. The summed E-state index contributed by atoms with van der Waals surface area (Å²) in [4.78, 5) is 20.6. The van der Waals surface area contributed by atoms with Gasteiger partial charge in [-0.2, -0.15) is 0 Å².